The zero-order valence-electron chi connectivity index (χ0n) is 24.4. The fraction of sp³-hybridized carbons (Fsp3) is 0.576. The van der Waals surface area contributed by atoms with E-state index in [1.165, 1.54) is 11.6 Å². The average Bonchev–Trinajstić information content (AvgIpc) is 3.55. The van der Waals surface area contributed by atoms with Gasteiger partial charge >= 0.3 is 6.01 Å². The second-order valence-corrected chi connectivity index (χ2v) is 13.1. The minimum absolute atomic E-state index is 0.0149. The number of fused-ring (bicyclic) bond motifs is 4. The number of carbonyl (C=O) groups is 1. The van der Waals surface area contributed by atoms with Gasteiger partial charge in [-0.05, 0) is 87.2 Å². The summed E-state index contributed by atoms with van der Waals surface area (Å²) >= 11 is 0. The van der Waals surface area contributed by atoms with Crippen LogP contribution in [-0.2, 0) is 28.5 Å². The monoisotopic (exact) mass is 570 g/mol. The number of amides is 1. The number of anilines is 1. The molecule has 3 aliphatic carbocycles. The molecule has 3 fully saturated rings. The summed E-state index contributed by atoms with van der Waals surface area (Å²) in [5.41, 5.74) is 4.10. The number of ether oxygens (including phenoxy) is 1. The Morgan fingerprint density at radius 3 is 2.81 bits per heavy atom. The molecular formula is C33H39FN6O2. The van der Waals surface area contributed by atoms with Crippen molar-refractivity contribution in [2.45, 2.75) is 80.7 Å². The molecule has 1 amide bonds. The van der Waals surface area contributed by atoms with Gasteiger partial charge in [0.05, 0.1) is 24.2 Å². The van der Waals surface area contributed by atoms with Crippen LogP contribution in [0.1, 0.15) is 67.3 Å². The van der Waals surface area contributed by atoms with E-state index in [1.807, 2.05) is 6.07 Å². The Bertz CT molecular complexity index is 1470. The molecule has 1 aromatic carbocycles. The van der Waals surface area contributed by atoms with E-state index in [9.17, 15) is 10.1 Å². The highest BCUT2D eigenvalue weighted by atomic mass is 19.1. The second kappa shape index (κ2) is 10.3. The van der Waals surface area contributed by atoms with Crippen molar-refractivity contribution in [1.29, 1.82) is 5.26 Å². The van der Waals surface area contributed by atoms with Crippen molar-refractivity contribution in [3.63, 3.8) is 0 Å². The highest BCUT2D eigenvalue weighted by Crippen LogP contribution is 2.65. The predicted molar refractivity (Wildman–Crippen MR) is 157 cm³/mol. The van der Waals surface area contributed by atoms with Crippen LogP contribution in [0.15, 0.2) is 30.9 Å². The summed E-state index contributed by atoms with van der Waals surface area (Å²) in [5.74, 6) is 0.653. The van der Waals surface area contributed by atoms with Gasteiger partial charge in [-0.25, -0.2) is 4.39 Å². The SMILES string of the molecule is C=CC(=O)N1CCN(c2nc(OCC3CCCN3C)nc3c2CCC2(C3)CC3(CC3)c3c(F)cccc32)C[C@@H]1CC#N. The summed E-state index contributed by atoms with van der Waals surface area (Å²) in [6, 6.07) is 8.38. The lowest BCUT2D eigenvalue weighted by atomic mass is 9.69. The first kappa shape index (κ1) is 27.3. The summed E-state index contributed by atoms with van der Waals surface area (Å²) in [7, 11) is 2.13. The fourth-order valence-electron chi connectivity index (χ4n) is 8.39. The van der Waals surface area contributed by atoms with Crippen LogP contribution in [0.4, 0.5) is 10.2 Å². The summed E-state index contributed by atoms with van der Waals surface area (Å²) in [6.07, 6.45) is 9.39. The van der Waals surface area contributed by atoms with E-state index in [0.717, 1.165) is 80.6 Å². The van der Waals surface area contributed by atoms with Crippen LogP contribution in [0, 0.1) is 17.1 Å². The van der Waals surface area contributed by atoms with Crippen LogP contribution < -0.4 is 9.64 Å². The first-order chi connectivity index (χ1) is 20.4. The van der Waals surface area contributed by atoms with E-state index in [-0.39, 0.29) is 35.0 Å². The molecule has 2 saturated heterocycles. The third-order valence-electron chi connectivity index (χ3n) is 10.7. The molecule has 1 saturated carbocycles. The Balaban J connectivity index is 1.24. The molecule has 8 nitrogen and oxygen atoms in total. The Labute approximate surface area is 247 Å². The zero-order valence-corrected chi connectivity index (χ0v) is 24.4. The van der Waals surface area contributed by atoms with E-state index in [2.05, 4.69) is 35.6 Å². The van der Waals surface area contributed by atoms with Gasteiger partial charge in [0.15, 0.2) is 0 Å². The Morgan fingerprint density at radius 1 is 1.21 bits per heavy atom. The summed E-state index contributed by atoms with van der Waals surface area (Å²) in [6.45, 7) is 6.88. The number of aromatic nitrogens is 2. The van der Waals surface area contributed by atoms with E-state index in [0.29, 0.717) is 38.3 Å². The molecule has 9 heteroatoms. The van der Waals surface area contributed by atoms with E-state index in [4.69, 9.17) is 14.7 Å². The van der Waals surface area contributed by atoms with Crippen LogP contribution in [0.2, 0.25) is 0 Å². The number of likely N-dealkylation sites (tertiary alicyclic amines) is 1. The van der Waals surface area contributed by atoms with E-state index < -0.39 is 0 Å². The third kappa shape index (κ3) is 4.46. The number of hydrogen-bond donors (Lipinski definition) is 0. The lowest BCUT2D eigenvalue weighted by Crippen LogP contribution is -2.55. The zero-order chi connectivity index (χ0) is 29.1. The van der Waals surface area contributed by atoms with Crippen LogP contribution in [0.3, 0.4) is 0 Å². The normalized spacial score (nSPS) is 27.5. The second-order valence-electron chi connectivity index (χ2n) is 13.1. The van der Waals surface area contributed by atoms with Gasteiger partial charge in [-0.2, -0.15) is 15.2 Å². The number of benzene rings is 1. The quantitative estimate of drug-likeness (QED) is 0.484. The maximum absolute atomic E-state index is 15.2. The lowest BCUT2D eigenvalue weighted by molar-refractivity contribution is -0.128. The maximum atomic E-state index is 15.2. The van der Waals surface area contributed by atoms with Gasteiger partial charge in [0.2, 0.25) is 5.91 Å². The van der Waals surface area contributed by atoms with Gasteiger partial charge in [-0.3, -0.25) is 4.79 Å². The number of hydrogen-bond acceptors (Lipinski definition) is 7. The Kier molecular flexibility index (Phi) is 6.73. The standard InChI is InChI=1S/C33H39FN6O2/c1-3-28(41)40-17-16-39(19-22(40)10-14-35)30-24-9-11-33(21-32(12-13-32)29-25(33)7-4-8-26(29)34)18-27(24)36-31(37-30)42-20-23-6-5-15-38(23)2/h3-4,7-8,22-23H,1,5-6,9-13,15-21H2,2H3/t22-,23?,33?/m0/s1. The third-order valence-corrected chi connectivity index (χ3v) is 10.7. The van der Waals surface area contributed by atoms with Gasteiger partial charge in [0.1, 0.15) is 18.2 Å². The molecule has 1 aromatic heterocycles. The molecule has 0 N–H and O–H groups in total. The van der Waals surface area contributed by atoms with Gasteiger partial charge in [-0.15, -0.1) is 0 Å². The minimum Gasteiger partial charge on any atom is -0.462 e. The molecule has 2 aliphatic heterocycles. The van der Waals surface area contributed by atoms with Crippen molar-refractivity contribution < 1.29 is 13.9 Å². The van der Waals surface area contributed by atoms with Gasteiger partial charge < -0.3 is 19.4 Å². The lowest BCUT2D eigenvalue weighted by Gasteiger charge is -2.42. The summed E-state index contributed by atoms with van der Waals surface area (Å²) in [4.78, 5) is 28.9. The topological polar surface area (TPSA) is 85.6 Å². The van der Waals surface area contributed by atoms with Gasteiger partial charge in [0.25, 0.3) is 0 Å². The number of nitriles is 1. The average molecular weight is 571 g/mol. The summed E-state index contributed by atoms with van der Waals surface area (Å²) < 4.78 is 21.5. The smallest absolute Gasteiger partial charge is 0.318 e. The molecule has 2 unspecified atom stereocenters. The highest BCUT2D eigenvalue weighted by molar-refractivity contribution is 5.87. The molecule has 3 heterocycles. The molecular weight excluding hydrogens is 531 g/mol. The van der Waals surface area contributed by atoms with Gasteiger partial charge in [0, 0.05) is 43.1 Å². The number of piperazine rings is 1. The van der Waals surface area contributed by atoms with Crippen molar-refractivity contribution in [2.75, 3.05) is 44.7 Å². The first-order valence-corrected chi connectivity index (χ1v) is 15.4. The molecule has 42 heavy (non-hydrogen) atoms. The van der Waals surface area contributed by atoms with Crippen LogP contribution in [0.25, 0.3) is 0 Å². The number of carbonyl (C=O) groups excluding carboxylic acids is 1. The van der Waals surface area contributed by atoms with E-state index >= 15 is 4.39 Å². The van der Waals surface area contributed by atoms with E-state index in [1.54, 1.807) is 11.0 Å². The Morgan fingerprint density at radius 2 is 2.07 bits per heavy atom. The first-order valence-electron chi connectivity index (χ1n) is 15.4. The van der Waals surface area contributed by atoms with Crippen molar-refractivity contribution in [1.82, 2.24) is 19.8 Å². The predicted octanol–water partition coefficient (Wildman–Crippen LogP) is 4.07. The van der Waals surface area contributed by atoms with Crippen LogP contribution in [-0.4, -0.2) is 77.6 Å². The molecule has 7 rings (SSSR count). The van der Waals surface area contributed by atoms with Crippen molar-refractivity contribution in [2.24, 2.45) is 0 Å². The number of likely N-dealkylation sites (N-methyl/N-ethyl adjacent to an activating group) is 1. The summed E-state index contributed by atoms with van der Waals surface area (Å²) in [5, 5.41) is 9.54. The van der Waals surface area contributed by atoms with Crippen molar-refractivity contribution in [3.05, 3.63) is 59.1 Å². The van der Waals surface area contributed by atoms with Crippen molar-refractivity contribution in [3.8, 4) is 12.1 Å². The maximum Gasteiger partial charge on any atom is 0.318 e. The van der Waals surface area contributed by atoms with Gasteiger partial charge in [-0.1, -0.05) is 18.7 Å². The molecule has 0 radical (unpaired) electrons. The van der Waals surface area contributed by atoms with Crippen molar-refractivity contribution >= 4 is 11.7 Å². The number of nitrogens with zero attached hydrogens (tertiary/aromatic N) is 6. The molecule has 0 bridgehead atoms. The highest BCUT2D eigenvalue weighted by Gasteiger charge is 2.60. The van der Waals surface area contributed by atoms with Crippen LogP contribution >= 0.6 is 0 Å². The molecule has 2 spiro atoms. The largest absolute Gasteiger partial charge is 0.462 e. The fourth-order valence-corrected chi connectivity index (χ4v) is 8.39. The molecule has 5 aliphatic rings. The molecule has 2 aromatic rings. The number of rotatable bonds is 6. The molecule has 3 atom stereocenters. The number of halogens is 1. The molecule has 220 valence electrons. The Hall–Kier alpha value is -3.51. The van der Waals surface area contributed by atoms with Crippen LogP contribution in [0.5, 0.6) is 6.01 Å². The minimum atomic E-state index is -0.245.